The van der Waals surface area contributed by atoms with Gasteiger partial charge in [0.25, 0.3) is 0 Å². The third-order valence-corrected chi connectivity index (χ3v) is 5.63. The van der Waals surface area contributed by atoms with Gasteiger partial charge in [-0.25, -0.2) is 0 Å². The lowest BCUT2D eigenvalue weighted by Crippen LogP contribution is -2.46. The number of amides is 1. The van der Waals surface area contributed by atoms with Crippen LogP contribution in [0.1, 0.15) is 51.2 Å². The smallest absolute Gasteiger partial charge is 0.241 e. The molecule has 1 aliphatic heterocycles. The molecule has 1 aromatic rings. The van der Waals surface area contributed by atoms with Crippen molar-refractivity contribution in [2.24, 2.45) is 5.92 Å². The number of hydrogen-bond acceptors (Lipinski definition) is 3. The Kier molecular flexibility index (Phi) is 7.91. The van der Waals surface area contributed by atoms with Gasteiger partial charge in [-0.05, 0) is 82.8 Å². The molecule has 0 aromatic heterocycles. The van der Waals surface area contributed by atoms with E-state index >= 15 is 0 Å². The van der Waals surface area contributed by atoms with Crippen LogP contribution in [0.15, 0.2) is 18.2 Å². The molecule has 0 radical (unpaired) electrons. The summed E-state index contributed by atoms with van der Waals surface area (Å²) in [6, 6.07) is 6.26. The fourth-order valence-electron chi connectivity index (χ4n) is 3.77. The minimum atomic E-state index is -0.0696. The average Bonchev–Trinajstić information content (AvgIpc) is 2.66. The van der Waals surface area contributed by atoms with E-state index in [1.54, 1.807) is 0 Å². The third-order valence-electron chi connectivity index (χ3n) is 5.63. The number of hydrogen-bond donors (Lipinski definition) is 2. The summed E-state index contributed by atoms with van der Waals surface area (Å²) in [5.41, 5.74) is 3.49. The summed E-state index contributed by atoms with van der Waals surface area (Å²) in [5.74, 6) is 0.927. The van der Waals surface area contributed by atoms with Crippen LogP contribution >= 0.6 is 0 Å². The first-order chi connectivity index (χ1) is 12.1. The summed E-state index contributed by atoms with van der Waals surface area (Å²) in [6.07, 6.45) is 5.52. The molecule has 0 bridgehead atoms. The Balaban J connectivity index is 1.95. The highest BCUT2D eigenvalue weighted by Gasteiger charge is 2.27. The second-order valence-corrected chi connectivity index (χ2v) is 7.20. The van der Waals surface area contributed by atoms with Crippen molar-refractivity contribution in [1.29, 1.82) is 0 Å². The van der Waals surface area contributed by atoms with Gasteiger partial charge in [0, 0.05) is 5.69 Å². The molecule has 4 nitrogen and oxygen atoms in total. The lowest BCUT2D eigenvalue weighted by molar-refractivity contribution is -0.121. The van der Waals surface area contributed by atoms with Crippen molar-refractivity contribution < 1.29 is 4.79 Å². The minimum absolute atomic E-state index is 0.0696. The van der Waals surface area contributed by atoms with Crippen molar-refractivity contribution >= 4 is 11.6 Å². The number of aryl methyl sites for hydroxylation is 2. The molecule has 0 saturated carbocycles. The van der Waals surface area contributed by atoms with E-state index in [0.29, 0.717) is 0 Å². The van der Waals surface area contributed by atoms with E-state index in [9.17, 15) is 4.79 Å². The highest BCUT2D eigenvalue weighted by atomic mass is 16.2. The maximum Gasteiger partial charge on any atom is 0.241 e. The SMILES string of the molecule is CCc1cccc(CC)c1NC(=O)C(C)N1CCC(CCNC)CC1. The van der Waals surface area contributed by atoms with Gasteiger partial charge >= 0.3 is 0 Å². The lowest BCUT2D eigenvalue weighted by atomic mass is 9.92. The molecule has 1 atom stereocenters. The van der Waals surface area contributed by atoms with Crippen LogP contribution in [-0.2, 0) is 17.6 Å². The standard InChI is InChI=1S/C21H35N3O/c1-5-18-8-7-9-19(6-2)20(18)23-21(25)16(3)24-14-11-17(12-15-24)10-13-22-4/h7-9,16-17,22H,5-6,10-15H2,1-4H3,(H,23,25). The zero-order valence-corrected chi connectivity index (χ0v) is 16.4. The molecule has 0 aliphatic carbocycles. The van der Waals surface area contributed by atoms with Gasteiger partial charge in [-0.15, -0.1) is 0 Å². The number of nitrogens with zero attached hydrogens (tertiary/aromatic N) is 1. The molecule has 0 spiro atoms. The number of carbonyl (C=O) groups excluding carboxylic acids is 1. The fraction of sp³-hybridized carbons (Fsp3) is 0.667. The summed E-state index contributed by atoms with van der Waals surface area (Å²) in [7, 11) is 2.01. The Hall–Kier alpha value is -1.39. The van der Waals surface area contributed by atoms with E-state index in [4.69, 9.17) is 0 Å². The van der Waals surface area contributed by atoms with Crippen molar-refractivity contribution in [2.45, 2.75) is 58.9 Å². The fourth-order valence-corrected chi connectivity index (χ4v) is 3.77. The lowest BCUT2D eigenvalue weighted by Gasteiger charge is -2.35. The predicted molar refractivity (Wildman–Crippen MR) is 106 cm³/mol. The van der Waals surface area contributed by atoms with Gasteiger partial charge < -0.3 is 10.6 Å². The Morgan fingerprint density at radius 3 is 2.32 bits per heavy atom. The number of piperidine rings is 1. The van der Waals surface area contributed by atoms with E-state index < -0.39 is 0 Å². The molecular weight excluding hydrogens is 310 g/mol. The van der Waals surface area contributed by atoms with Crippen molar-refractivity contribution in [1.82, 2.24) is 10.2 Å². The molecule has 1 aliphatic rings. The molecule has 2 N–H and O–H groups in total. The predicted octanol–water partition coefficient (Wildman–Crippen LogP) is 3.46. The second kappa shape index (κ2) is 9.93. The van der Waals surface area contributed by atoms with Gasteiger partial charge in [0.05, 0.1) is 6.04 Å². The number of carbonyl (C=O) groups is 1. The first kappa shape index (κ1) is 19.9. The summed E-state index contributed by atoms with van der Waals surface area (Å²) < 4.78 is 0. The Morgan fingerprint density at radius 2 is 1.80 bits per heavy atom. The molecule has 2 rings (SSSR count). The van der Waals surface area contributed by atoms with E-state index in [1.165, 1.54) is 30.4 Å². The highest BCUT2D eigenvalue weighted by Crippen LogP contribution is 2.25. The largest absolute Gasteiger partial charge is 0.324 e. The third kappa shape index (κ3) is 5.29. The zero-order chi connectivity index (χ0) is 18.2. The minimum Gasteiger partial charge on any atom is -0.324 e. The van der Waals surface area contributed by atoms with Crippen LogP contribution < -0.4 is 10.6 Å². The quantitative estimate of drug-likeness (QED) is 0.758. The molecule has 1 unspecified atom stereocenters. The molecule has 1 heterocycles. The van der Waals surface area contributed by atoms with Crippen LogP contribution in [-0.4, -0.2) is 43.5 Å². The zero-order valence-electron chi connectivity index (χ0n) is 16.4. The second-order valence-electron chi connectivity index (χ2n) is 7.20. The van der Waals surface area contributed by atoms with E-state index in [-0.39, 0.29) is 11.9 Å². The van der Waals surface area contributed by atoms with E-state index in [0.717, 1.165) is 44.1 Å². The molecular formula is C21H35N3O. The van der Waals surface area contributed by atoms with Gasteiger partial charge in [-0.3, -0.25) is 9.69 Å². The van der Waals surface area contributed by atoms with Crippen molar-refractivity contribution in [2.75, 3.05) is 32.0 Å². The molecule has 25 heavy (non-hydrogen) atoms. The van der Waals surface area contributed by atoms with Gasteiger partial charge in [-0.2, -0.15) is 0 Å². The monoisotopic (exact) mass is 345 g/mol. The average molecular weight is 346 g/mol. The normalized spacial score (nSPS) is 17.4. The van der Waals surface area contributed by atoms with Gasteiger partial charge in [0.2, 0.25) is 5.91 Å². The highest BCUT2D eigenvalue weighted by molar-refractivity contribution is 5.96. The maximum atomic E-state index is 12.8. The molecule has 1 aromatic carbocycles. The van der Waals surface area contributed by atoms with E-state index in [1.807, 2.05) is 14.0 Å². The molecule has 1 fully saturated rings. The number of likely N-dealkylation sites (tertiary alicyclic amines) is 1. The van der Waals surface area contributed by atoms with Crippen molar-refractivity contribution in [3.8, 4) is 0 Å². The topological polar surface area (TPSA) is 44.4 Å². The summed E-state index contributed by atoms with van der Waals surface area (Å²) in [4.78, 5) is 15.2. The van der Waals surface area contributed by atoms with Crippen LogP contribution in [0, 0.1) is 5.92 Å². The number of benzene rings is 1. The molecule has 1 amide bonds. The van der Waals surface area contributed by atoms with Crippen LogP contribution in [0.2, 0.25) is 0 Å². The number of para-hydroxylation sites is 1. The molecule has 1 saturated heterocycles. The van der Waals surface area contributed by atoms with Crippen LogP contribution in [0.4, 0.5) is 5.69 Å². The molecule has 140 valence electrons. The Morgan fingerprint density at radius 1 is 1.20 bits per heavy atom. The molecule has 4 heteroatoms. The Labute approximate surface area is 153 Å². The first-order valence-corrected chi connectivity index (χ1v) is 9.90. The number of nitrogens with one attached hydrogen (secondary N) is 2. The Bertz CT molecular complexity index is 528. The summed E-state index contributed by atoms with van der Waals surface area (Å²) in [6.45, 7) is 9.48. The van der Waals surface area contributed by atoms with E-state index in [2.05, 4.69) is 47.6 Å². The summed E-state index contributed by atoms with van der Waals surface area (Å²) in [5, 5.41) is 6.47. The van der Waals surface area contributed by atoms with Crippen LogP contribution in [0.5, 0.6) is 0 Å². The first-order valence-electron chi connectivity index (χ1n) is 9.90. The van der Waals surface area contributed by atoms with Gasteiger partial charge in [0.1, 0.15) is 0 Å². The van der Waals surface area contributed by atoms with Gasteiger partial charge in [-0.1, -0.05) is 32.0 Å². The number of rotatable bonds is 8. The van der Waals surface area contributed by atoms with Crippen LogP contribution in [0.25, 0.3) is 0 Å². The maximum absolute atomic E-state index is 12.8. The van der Waals surface area contributed by atoms with Crippen LogP contribution in [0.3, 0.4) is 0 Å². The summed E-state index contributed by atoms with van der Waals surface area (Å²) >= 11 is 0. The van der Waals surface area contributed by atoms with Crippen molar-refractivity contribution in [3.63, 3.8) is 0 Å². The van der Waals surface area contributed by atoms with Gasteiger partial charge in [0.15, 0.2) is 0 Å². The number of anilines is 1. The van der Waals surface area contributed by atoms with Crippen molar-refractivity contribution in [3.05, 3.63) is 29.3 Å².